The van der Waals surface area contributed by atoms with E-state index in [0.717, 1.165) is 11.1 Å². The summed E-state index contributed by atoms with van der Waals surface area (Å²) >= 11 is 4.78. The molecule has 0 aliphatic heterocycles. The maximum atomic E-state index is 5.99. The van der Waals surface area contributed by atoms with Gasteiger partial charge in [0.05, 0.1) is 5.71 Å². The number of hydrogen-bond acceptors (Lipinski definition) is 3. The van der Waals surface area contributed by atoms with Crippen LogP contribution in [0.5, 0.6) is 0 Å². The summed E-state index contributed by atoms with van der Waals surface area (Å²) in [6, 6.07) is 17.2. The minimum atomic E-state index is 0.114. The van der Waals surface area contributed by atoms with Crippen molar-refractivity contribution in [1.82, 2.24) is 5.43 Å². The van der Waals surface area contributed by atoms with Crippen molar-refractivity contribution in [1.29, 1.82) is 0 Å². The molecule has 0 amide bonds. The van der Waals surface area contributed by atoms with Crippen molar-refractivity contribution in [3.05, 3.63) is 65.7 Å². The van der Waals surface area contributed by atoms with E-state index >= 15 is 0 Å². The fourth-order valence-electron chi connectivity index (χ4n) is 1.70. The average Bonchev–Trinajstić information content (AvgIpc) is 2.42. The highest BCUT2D eigenvalue weighted by molar-refractivity contribution is 7.80. The smallest absolute Gasteiger partial charge is 0.184 e. The first-order chi connectivity index (χ1) is 9.18. The molecule has 4 nitrogen and oxygen atoms in total. The molecule has 2 rings (SSSR count). The van der Waals surface area contributed by atoms with Crippen LogP contribution < -0.4 is 16.9 Å². The molecule has 0 fully saturated rings. The zero-order valence-electron chi connectivity index (χ0n) is 10.2. The molecule has 0 bridgehead atoms. The van der Waals surface area contributed by atoms with Gasteiger partial charge in [-0.2, -0.15) is 5.10 Å². The van der Waals surface area contributed by atoms with Gasteiger partial charge < -0.3 is 11.5 Å². The van der Waals surface area contributed by atoms with Gasteiger partial charge >= 0.3 is 0 Å². The maximum absolute atomic E-state index is 5.99. The third kappa shape index (κ3) is 3.29. The largest absolute Gasteiger partial charge is 0.398 e. The second-order valence-corrected chi connectivity index (χ2v) is 4.33. The highest BCUT2D eigenvalue weighted by Crippen LogP contribution is 2.16. The highest BCUT2D eigenvalue weighted by atomic mass is 32.1. The SMILES string of the molecule is NC(=S)N/N=C(/c1ccccc1)c1ccccc1N. The van der Waals surface area contributed by atoms with Crippen molar-refractivity contribution in [3.8, 4) is 0 Å². The van der Waals surface area contributed by atoms with E-state index in [0.29, 0.717) is 11.4 Å². The van der Waals surface area contributed by atoms with E-state index in [4.69, 9.17) is 23.7 Å². The van der Waals surface area contributed by atoms with Gasteiger partial charge in [-0.15, -0.1) is 0 Å². The molecule has 0 unspecified atom stereocenters. The lowest BCUT2D eigenvalue weighted by Crippen LogP contribution is -2.26. The van der Waals surface area contributed by atoms with E-state index < -0.39 is 0 Å². The van der Waals surface area contributed by atoms with Gasteiger partial charge in [-0.25, -0.2) is 0 Å². The van der Waals surface area contributed by atoms with E-state index in [1.165, 1.54) is 0 Å². The summed E-state index contributed by atoms with van der Waals surface area (Å²) in [5, 5.41) is 4.36. The normalized spacial score (nSPS) is 11.1. The Morgan fingerprint density at radius 3 is 2.26 bits per heavy atom. The molecule has 19 heavy (non-hydrogen) atoms. The van der Waals surface area contributed by atoms with E-state index in [2.05, 4.69) is 10.5 Å². The van der Waals surface area contributed by atoms with Gasteiger partial charge in [-0.3, -0.25) is 5.43 Å². The van der Waals surface area contributed by atoms with Gasteiger partial charge in [0, 0.05) is 16.8 Å². The molecular weight excluding hydrogens is 256 g/mol. The Bertz CT molecular complexity index is 608. The van der Waals surface area contributed by atoms with Crippen LogP contribution in [-0.2, 0) is 0 Å². The van der Waals surface area contributed by atoms with E-state index in [-0.39, 0.29) is 5.11 Å². The molecule has 0 aliphatic rings. The molecule has 0 saturated heterocycles. The summed E-state index contributed by atoms with van der Waals surface area (Å²) in [4.78, 5) is 0. The van der Waals surface area contributed by atoms with Crippen molar-refractivity contribution in [2.75, 3.05) is 5.73 Å². The predicted octanol–water partition coefficient (Wildman–Crippen LogP) is 1.85. The van der Waals surface area contributed by atoms with E-state index in [1.54, 1.807) is 0 Å². The third-order valence-corrected chi connectivity index (χ3v) is 2.63. The van der Waals surface area contributed by atoms with Crippen LogP contribution in [0.15, 0.2) is 59.7 Å². The lowest BCUT2D eigenvalue weighted by molar-refractivity contribution is 1.03. The number of rotatable bonds is 3. The highest BCUT2D eigenvalue weighted by Gasteiger charge is 2.09. The maximum Gasteiger partial charge on any atom is 0.184 e. The van der Waals surface area contributed by atoms with Crippen LogP contribution in [0.1, 0.15) is 11.1 Å². The number of anilines is 1. The summed E-state index contributed by atoms with van der Waals surface area (Å²) < 4.78 is 0. The van der Waals surface area contributed by atoms with Crippen LogP contribution in [0.4, 0.5) is 5.69 Å². The second kappa shape index (κ2) is 5.97. The standard InChI is InChI=1S/C14H14N4S/c15-12-9-5-4-8-11(12)13(17-18-14(16)19)10-6-2-1-3-7-10/h1-9H,15H2,(H3,16,18,19)/b17-13-. The van der Waals surface area contributed by atoms with Crippen molar-refractivity contribution in [2.24, 2.45) is 10.8 Å². The minimum Gasteiger partial charge on any atom is -0.398 e. The molecule has 2 aromatic carbocycles. The number of nitrogens with two attached hydrogens (primary N) is 2. The third-order valence-electron chi connectivity index (χ3n) is 2.54. The number of nitrogens with one attached hydrogen (secondary N) is 1. The molecule has 0 heterocycles. The summed E-state index contributed by atoms with van der Waals surface area (Å²) in [7, 11) is 0. The van der Waals surface area contributed by atoms with Crippen LogP contribution in [0.25, 0.3) is 0 Å². The summed E-state index contributed by atoms with van der Waals surface area (Å²) in [5.74, 6) is 0. The van der Waals surface area contributed by atoms with Crippen LogP contribution >= 0.6 is 12.2 Å². The van der Waals surface area contributed by atoms with Gasteiger partial charge in [0.1, 0.15) is 0 Å². The average molecular weight is 270 g/mol. The van der Waals surface area contributed by atoms with Crippen molar-refractivity contribution >= 4 is 28.7 Å². The molecule has 0 aliphatic carbocycles. The molecule has 5 N–H and O–H groups in total. The number of hydrogen-bond donors (Lipinski definition) is 3. The second-order valence-electron chi connectivity index (χ2n) is 3.89. The lowest BCUT2D eigenvalue weighted by atomic mass is 10.0. The van der Waals surface area contributed by atoms with Crippen molar-refractivity contribution in [3.63, 3.8) is 0 Å². The van der Waals surface area contributed by atoms with E-state index in [9.17, 15) is 0 Å². The summed E-state index contributed by atoms with van der Waals surface area (Å²) in [6.45, 7) is 0. The Kier molecular flexibility index (Phi) is 4.10. The van der Waals surface area contributed by atoms with Crippen LogP contribution in [-0.4, -0.2) is 10.8 Å². The summed E-state index contributed by atoms with van der Waals surface area (Å²) in [5.41, 5.74) is 17.1. The number of hydrazone groups is 1. The fraction of sp³-hybridized carbons (Fsp3) is 0. The number of benzene rings is 2. The Hall–Kier alpha value is -2.40. The Morgan fingerprint density at radius 1 is 1.00 bits per heavy atom. The zero-order chi connectivity index (χ0) is 13.7. The van der Waals surface area contributed by atoms with Gasteiger partial charge in [0.15, 0.2) is 5.11 Å². The molecule has 0 atom stereocenters. The van der Waals surface area contributed by atoms with Crippen LogP contribution in [0.3, 0.4) is 0 Å². The number of nitrogens with zero attached hydrogens (tertiary/aromatic N) is 1. The number of nitrogen functional groups attached to an aromatic ring is 1. The molecule has 2 aromatic rings. The minimum absolute atomic E-state index is 0.114. The Morgan fingerprint density at radius 2 is 1.63 bits per heavy atom. The first-order valence-corrected chi connectivity index (χ1v) is 6.12. The lowest BCUT2D eigenvalue weighted by Gasteiger charge is -2.10. The fourth-order valence-corrected chi connectivity index (χ4v) is 1.75. The van der Waals surface area contributed by atoms with Gasteiger partial charge in [-0.05, 0) is 18.3 Å². The molecule has 0 saturated carbocycles. The molecule has 96 valence electrons. The molecular formula is C14H14N4S. The van der Waals surface area contributed by atoms with Crippen LogP contribution in [0.2, 0.25) is 0 Å². The zero-order valence-corrected chi connectivity index (χ0v) is 11.0. The first kappa shape index (κ1) is 13.0. The first-order valence-electron chi connectivity index (χ1n) is 5.72. The van der Waals surface area contributed by atoms with Crippen molar-refractivity contribution < 1.29 is 0 Å². The number of para-hydroxylation sites is 1. The molecule has 0 spiro atoms. The van der Waals surface area contributed by atoms with Crippen molar-refractivity contribution in [2.45, 2.75) is 0 Å². The topological polar surface area (TPSA) is 76.4 Å². The Balaban J connectivity index is 2.50. The van der Waals surface area contributed by atoms with Gasteiger partial charge in [-0.1, -0.05) is 48.5 Å². The van der Waals surface area contributed by atoms with Crippen LogP contribution in [0, 0.1) is 0 Å². The number of thiocarbonyl (C=S) groups is 1. The predicted molar refractivity (Wildman–Crippen MR) is 82.9 cm³/mol. The molecule has 0 aromatic heterocycles. The summed E-state index contributed by atoms with van der Waals surface area (Å²) in [6.07, 6.45) is 0. The van der Waals surface area contributed by atoms with E-state index in [1.807, 2.05) is 54.6 Å². The molecule has 0 radical (unpaired) electrons. The molecule has 5 heteroatoms. The Labute approximate surface area is 117 Å². The van der Waals surface area contributed by atoms with Gasteiger partial charge in [0.2, 0.25) is 0 Å². The van der Waals surface area contributed by atoms with Gasteiger partial charge in [0.25, 0.3) is 0 Å². The quantitative estimate of drug-likeness (QED) is 0.344. The monoisotopic (exact) mass is 270 g/mol.